The van der Waals surface area contributed by atoms with Crippen LogP contribution in [0.4, 0.5) is 0 Å². The van der Waals surface area contributed by atoms with Crippen molar-refractivity contribution in [1.82, 2.24) is 4.90 Å². The monoisotopic (exact) mass is 261 g/mol. The average molecular weight is 262 g/mol. The number of carbonyl (C=O) groups excluding carboxylic acids is 1. The second-order valence-corrected chi connectivity index (χ2v) is 5.05. The van der Waals surface area contributed by atoms with Gasteiger partial charge in [0, 0.05) is 0 Å². The Kier molecular flexibility index (Phi) is 3.45. The number of fused-ring (bicyclic) bond motifs is 1. The van der Waals surface area contributed by atoms with Gasteiger partial charge in [-0.25, -0.2) is 0 Å². The Morgan fingerprint density at radius 1 is 1.62 bits per heavy atom. The van der Waals surface area contributed by atoms with Gasteiger partial charge in [0.2, 0.25) is 0 Å². The molecule has 1 heterocycles. The van der Waals surface area contributed by atoms with Crippen molar-refractivity contribution in [2.24, 2.45) is 0 Å². The predicted molar refractivity (Wildman–Crippen MR) is 63.4 cm³/mol. The van der Waals surface area contributed by atoms with Crippen molar-refractivity contribution in [2.45, 2.75) is 30.3 Å². The Bertz CT molecular complexity index is 352. The van der Waals surface area contributed by atoms with Gasteiger partial charge in [0.1, 0.15) is 12.4 Å². The maximum Gasteiger partial charge on any atom is 0.256 e. The summed E-state index contributed by atoms with van der Waals surface area (Å²) in [5.74, 6) is 0.577. The SMILES string of the molecule is CC1COC2=CC=CCC2N1C(=O)C(Cl)Cl. The van der Waals surface area contributed by atoms with E-state index in [1.165, 1.54) is 0 Å². The van der Waals surface area contributed by atoms with Gasteiger partial charge in [0.05, 0.1) is 12.1 Å². The summed E-state index contributed by atoms with van der Waals surface area (Å²) in [5, 5.41) is 0. The highest BCUT2D eigenvalue weighted by Gasteiger charge is 2.38. The first kappa shape index (κ1) is 11.8. The third-order valence-electron chi connectivity index (χ3n) is 2.83. The number of hydrogen-bond donors (Lipinski definition) is 0. The number of morpholine rings is 1. The van der Waals surface area contributed by atoms with Crippen molar-refractivity contribution >= 4 is 29.1 Å². The first-order valence-electron chi connectivity index (χ1n) is 5.21. The number of nitrogens with zero attached hydrogens (tertiary/aromatic N) is 1. The highest BCUT2D eigenvalue weighted by molar-refractivity contribution is 6.53. The Morgan fingerprint density at radius 3 is 3.06 bits per heavy atom. The van der Waals surface area contributed by atoms with E-state index in [0.717, 1.165) is 12.2 Å². The summed E-state index contributed by atoms with van der Waals surface area (Å²) < 4.78 is 5.58. The Morgan fingerprint density at radius 2 is 2.38 bits per heavy atom. The Labute approximate surface area is 105 Å². The molecule has 0 aromatic carbocycles. The normalized spacial score (nSPS) is 28.5. The predicted octanol–water partition coefficient (Wildman–Crippen LogP) is 2.25. The van der Waals surface area contributed by atoms with Crippen molar-refractivity contribution in [3.63, 3.8) is 0 Å². The van der Waals surface area contributed by atoms with Gasteiger partial charge in [-0.05, 0) is 19.4 Å². The third kappa shape index (κ3) is 2.06. The van der Waals surface area contributed by atoms with E-state index in [-0.39, 0.29) is 18.0 Å². The van der Waals surface area contributed by atoms with E-state index in [4.69, 9.17) is 27.9 Å². The summed E-state index contributed by atoms with van der Waals surface area (Å²) in [4.78, 5) is 12.6. The molecule has 0 N–H and O–H groups in total. The van der Waals surface area contributed by atoms with Crippen LogP contribution in [0.2, 0.25) is 0 Å². The minimum absolute atomic E-state index is 0.00106. The Balaban J connectivity index is 2.24. The molecule has 2 unspecified atom stereocenters. The van der Waals surface area contributed by atoms with Crippen molar-refractivity contribution in [1.29, 1.82) is 0 Å². The van der Waals surface area contributed by atoms with Gasteiger partial charge < -0.3 is 9.64 Å². The number of allylic oxidation sites excluding steroid dienone is 2. The molecule has 3 nitrogen and oxygen atoms in total. The van der Waals surface area contributed by atoms with E-state index in [1.54, 1.807) is 4.90 Å². The van der Waals surface area contributed by atoms with Gasteiger partial charge in [0.25, 0.3) is 5.91 Å². The minimum Gasteiger partial charge on any atom is -0.494 e. The van der Waals surface area contributed by atoms with Crippen LogP contribution in [0.3, 0.4) is 0 Å². The van der Waals surface area contributed by atoms with E-state index in [0.29, 0.717) is 6.61 Å². The third-order valence-corrected chi connectivity index (χ3v) is 3.20. The van der Waals surface area contributed by atoms with Crippen LogP contribution in [-0.2, 0) is 9.53 Å². The molecule has 2 rings (SSSR count). The zero-order valence-corrected chi connectivity index (χ0v) is 10.4. The number of amides is 1. The number of carbonyl (C=O) groups is 1. The van der Waals surface area contributed by atoms with Gasteiger partial charge in [-0.1, -0.05) is 35.4 Å². The molecular formula is C11H13Cl2NO2. The van der Waals surface area contributed by atoms with Crippen LogP contribution in [-0.4, -0.2) is 34.3 Å². The molecule has 2 atom stereocenters. The molecule has 0 radical (unpaired) electrons. The quantitative estimate of drug-likeness (QED) is 0.678. The number of rotatable bonds is 1. The lowest BCUT2D eigenvalue weighted by molar-refractivity contribution is -0.138. The lowest BCUT2D eigenvalue weighted by Gasteiger charge is -2.42. The summed E-state index contributed by atoms with van der Waals surface area (Å²) in [6.45, 7) is 2.42. The number of halogens is 2. The molecule has 0 aromatic rings. The van der Waals surface area contributed by atoms with Crippen molar-refractivity contribution < 1.29 is 9.53 Å². The Hall–Kier alpha value is -0.670. The smallest absolute Gasteiger partial charge is 0.256 e. The van der Waals surface area contributed by atoms with E-state index < -0.39 is 4.84 Å². The van der Waals surface area contributed by atoms with Crippen molar-refractivity contribution in [3.05, 3.63) is 24.0 Å². The fourth-order valence-electron chi connectivity index (χ4n) is 2.08. The van der Waals surface area contributed by atoms with Gasteiger partial charge in [-0.2, -0.15) is 0 Å². The van der Waals surface area contributed by atoms with Gasteiger partial charge in [0.15, 0.2) is 4.84 Å². The fourth-order valence-corrected chi connectivity index (χ4v) is 2.31. The molecule has 0 saturated carbocycles. The summed E-state index contributed by atoms with van der Waals surface area (Å²) in [6.07, 6.45) is 6.58. The van der Waals surface area contributed by atoms with Crippen LogP contribution >= 0.6 is 23.2 Å². The van der Waals surface area contributed by atoms with Crippen molar-refractivity contribution in [2.75, 3.05) is 6.61 Å². The van der Waals surface area contributed by atoms with Crippen LogP contribution in [0.1, 0.15) is 13.3 Å². The van der Waals surface area contributed by atoms with Gasteiger partial charge in [-0.3, -0.25) is 4.79 Å². The second-order valence-electron chi connectivity index (χ2n) is 3.95. The van der Waals surface area contributed by atoms with Crippen molar-refractivity contribution in [3.8, 4) is 0 Å². The largest absolute Gasteiger partial charge is 0.494 e. The molecule has 0 aromatic heterocycles. The molecule has 0 bridgehead atoms. The molecular weight excluding hydrogens is 249 g/mol. The molecule has 16 heavy (non-hydrogen) atoms. The van der Waals surface area contributed by atoms with Crippen LogP contribution in [0.5, 0.6) is 0 Å². The first-order chi connectivity index (χ1) is 7.61. The standard InChI is InChI=1S/C11H13Cl2NO2/c1-7-6-16-9-5-3-2-4-8(9)14(7)11(15)10(12)13/h2-3,5,7-8,10H,4,6H2,1H3. The minimum atomic E-state index is -1.01. The molecule has 1 fully saturated rings. The molecule has 1 aliphatic carbocycles. The van der Waals surface area contributed by atoms with Crippen LogP contribution < -0.4 is 0 Å². The van der Waals surface area contributed by atoms with E-state index >= 15 is 0 Å². The average Bonchev–Trinajstić information content (AvgIpc) is 2.28. The van der Waals surface area contributed by atoms with E-state index in [2.05, 4.69) is 0 Å². The summed E-state index contributed by atoms with van der Waals surface area (Å²) in [6, 6.07) is -0.0533. The molecule has 2 aliphatic rings. The lowest BCUT2D eigenvalue weighted by Crippen LogP contribution is -2.54. The highest BCUT2D eigenvalue weighted by Crippen LogP contribution is 2.29. The van der Waals surface area contributed by atoms with Crippen LogP contribution in [0.15, 0.2) is 24.0 Å². The summed E-state index contributed by atoms with van der Waals surface area (Å²) >= 11 is 11.3. The lowest BCUT2D eigenvalue weighted by atomic mass is 10.0. The fraction of sp³-hybridized carbons (Fsp3) is 0.545. The molecule has 1 saturated heterocycles. The summed E-state index contributed by atoms with van der Waals surface area (Å²) in [7, 11) is 0. The maximum absolute atomic E-state index is 11.9. The topological polar surface area (TPSA) is 29.5 Å². The van der Waals surface area contributed by atoms with E-state index in [9.17, 15) is 4.79 Å². The molecule has 1 aliphatic heterocycles. The van der Waals surface area contributed by atoms with Crippen LogP contribution in [0, 0.1) is 0 Å². The molecule has 88 valence electrons. The van der Waals surface area contributed by atoms with E-state index in [1.807, 2.05) is 25.2 Å². The van der Waals surface area contributed by atoms with Gasteiger partial charge >= 0.3 is 0 Å². The molecule has 1 amide bonds. The second kappa shape index (κ2) is 4.68. The highest BCUT2D eigenvalue weighted by atomic mass is 35.5. The molecule has 5 heteroatoms. The first-order valence-corrected chi connectivity index (χ1v) is 6.08. The number of hydrogen-bond acceptors (Lipinski definition) is 2. The number of ether oxygens (including phenoxy) is 1. The zero-order chi connectivity index (χ0) is 11.7. The van der Waals surface area contributed by atoms with Crippen LogP contribution in [0.25, 0.3) is 0 Å². The maximum atomic E-state index is 11.9. The summed E-state index contributed by atoms with van der Waals surface area (Å²) in [5.41, 5.74) is 0. The number of alkyl halides is 2. The van der Waals surface area contributed by atoms with Gasteiger partial charge in [-0.15, -0.1) is 0 Å². The zero-order valence-electron chi connectivity index (χ0n) is 8.90. The molecule has 0 spiro atoms.